The van der Waals surface area contributed by atoms with E-state index in [0.717, 1.165) is 16.8 Å². The molecule has 0 saturated heterocycles. The Labute approximate surface area is 189 Å². The Bertz CT molecular complexity index is 1150. The molecule has 2 atom stereocenters. The van der Waals surface area contributed by atoms with Crippen LogP contribution in [0.15, 0.2) is 48.8 Å². The summed E-state index contributed by atoms with van der Waals surface area (Å²) < 4.78 is 35.1. The van der Waals surface area contributed by atoms with Gasteiger partial charge in [-0.3, -0.25) is 4.79 Å². The molecule has 1 amide bonds. The summed E-state index contributed by atoms with van der Waals surface area (Å²) in [5, 5.41) is 16.9. The molecule has 2 N–H and O–H groups in total. The Morgan fingerprint density at radius 3 is 2.88 bits per heavy atom. The van der Waals surface area contributed by atoms with Crippen LogP contribution in [0.4, 0.5) is 8.78 Å². The number of carbonyl (C=O) groups is 1. The molecule has 2 unspecified atom stereocenters. The lowest BCUT2D eigenvalue weighted by Crippen LogP contribution is -2.50. The van der Waals surface area contributed by atoms with Crippen LogP contribution >= 0.6 is 0 Å². The van der Waals surface area contributed by atoms with E-state index in [1.807, 2.05) is 36.5 Å². The van der Waals surface area contributed by atoms with Gasteiger partial charge in [0.2, 0.25) is 5.92 Å². The number of aliphatic hydroxyl groups excluding tert-OH is 1. The van der Waals surface area contributed by atoms with Crippen molar-refractivity contribution in [2.75, 3.05) is 6.61 Å². The van der Waals surface area contributed by atoms with E-state index < -0.39 is 30.4 Å². The molecule has 172 valence electrons. The number of ether oxygens (including phenoxy) is 1. The molecule has 1 aliphatic carbocycles. The number of hydrogen-bond donors (Lipinski definition) is 2. The largest absolute Gasteiger partial charge is 0.491 e. The van der Waals surface area contributed by atoms with Crippen molar-refractivity contribution in [2.45, 2.75) is 50.2 Å². The topological polar surface area (TPSA) is 89.3 Å². The van der Waals surface area contributed by atoms with Gasteiger partial charge in [-0.15, -0.1) is 0 Å². The minimum absolute atomic E-state index is 0.0524. The van der Waals surface area contributed by atoms with Gasteiger partial charge in [-0.05, 0) is 36.2 Å². The van der Waals surface area contributed by atoms with Crippen LogP contribution in [-0.2, 0) is 12.8 Å². The number of alkyl halides is 2. The molecule has 2 aliphatic rings. The molecule has 0 bridgehead atoms. The monoisotopic (exact) mass is 454 g/mol. The van der Waals surface area contributed by atoms with Gasteiger partial charge in [-0.25, -0.2) is 18.4 Å². The second-order valence-electron chi connectivity index (χ2n) is 8.58. The van der Waals surface area contributed by atoms with E-state index in [9.17, 15) is 18.7 Å². The third-order valence-electron chi connectivity index (χ3n) is 6.14. The van der Waals surface area contributed by atoms with Crippen LogP contribution in [0.1, 0.15) is 46.6 Å². The Kier molecular flexibility index (Phi) is 5.57. The van der Waals surface area contributed by atoms with Gasteiger partial charge < -0.3 is 15.2 Å². The van der Waals surface area contributed by atoms with Crippen molar-refractivity contribution in [1.29, 1.82) is 0 Å². The standard InChI is InChI=1S/C24H24F2N4O3/c25-24(26)8-6-21(31)20(14-24)29-23(32)19-13-16(22-18(28-19)7-11-33-22)12-15-2-4-17(5-3-15)30-10-1-9-27-30/h1-5,9-10,13,20-21,31H,6-8,11-12,14H2,(H,29,32). The number of nitrogens with one attached hydrogen (secondary N) is 1. The summed E-state index contributed by atoms with van der Waals surface area (Å²) >= 11 is 0. The number of nitrogens with zero attached hydrogens (tertiary/aromatic N) is 3. The molecule has 5 rings (SSSR count). The maximum Gasteiger partial charge on any atom is 0.270 e. The van der Waals surface area contributed by atoms with Crippen LogP contribution in [0.3, 0.4) is 0 Å². The number of aliphatic hydroxyl groups is 1. The number of benzene rings is 1. The zero-order valence-corrected chi connectivity index (χ0v) is 17.9. The average molecular weight is 454 g/mol. The zero-order valence-electron chi connectivity index (χ0n) is 17.9. The van der Waals surface area contributed by atoms with Crippen molar-refractivity contribution in [2.24, 2.45) is 0 Å². The summed E-state index contributed by atoms with van der Waals surface area (Å²) in [5.74, 6) is -2.79. The van der Waals surface area contributed by atoms with Crippen LogP contribution in [0.2, 0.25) is 0 Å². The Balaban J connectivity index is 1.36. The zero-order chi connectivity index (χ0) is 23.0. The average Bonchev–Trinajstić information content (AvgIpc) is 3.49. The van der Waals surface area contributed by atoms with E-state index in [1.54, 1.807) is 16.9 Å². The summed E-state index contributed by atoms with van der Waals surface area (Å²) in [4.78, 5) is 17.3. The summed E-state index contributed by atoms with van der Waals surface area (Å²) in [7, 11) is 0. The van der Waals surface area contributed by atoms with Crippen molar-refractivity contribution in [3.63, 3.8) is 0 Å². The van der Waals surface area contributed by atoms with Gasteiger partial charge in [0.05, 0.1) is 30.1 Å². The molecule has 2 aromatic heterocycles. The number of pyridine rings is 1. The number of rotatable bonds is 5. The fourth-order valence-corrected chi connectivity index (χ4v) is 4.40. The molecule has 7 nitrogen and oxygen atoms in total. The van der Waals surface area contributed by atoms with E-state index in [1.165, 1.54) is 0 Å². The van der Waals surface area contributed by atoms with Gasteiger partial charge in [-0.1, -0.05) is 12.1 Å². The lowest BCUT2D eigenvalue weighted by Gasteiger charge is -2.33. The lowest BCUT2D eigenvalue weighted by atomic mass is 9.89. The van der Waals surface area contributed by atoms with Crippen LogP contribution in [0.5, 0.6) is 5.75 Å². The van der Waals surface area contributed by atoms with E-state index in [0.29, 0.717) is 30.9 Å². The molecule has 1 saturated carbocycles. The van der Waals surface area contributed by atoms with Gasteiger partial charge in [0.15, 0.2) is 0 Å². The Morgan fingerprint density at radius 1 is 1.30 bits per heavy atom. The summed E-state index contributed by atoms with van der Waals surface area (Å²) in [5.41, 5.74) is 3.58. The van der Waals surface area contributed by atoms with Crippen LogP contribution in [0.25, 0.3) is 5.69 Å². The third-order valence-corrected chi connectivity index (χ3v) is 6.14. The molecular weight excluding hydrogens is 430 g/mol. The van der Waals surface area contributed by atoms with Crippen LogP contribution in [-0.4, -0.2) is 50.5 Å². The van der Waals surface area contributed by atoms with Crippen LogP contribution < -0.4 is 10.1 Å². The smallest absolute Gasteiger partial charge is 0.270 e. The Hall–Kier alpha value is -3.33. The minimum atomic E-state index is -2.90. The van der Waals surface area contributed by atoms with Crippen molar-refractivity contribution in [3.8, 4) is 11.4 Å². The van der Waals surface area contributed by atoms with Crippen LogP contribution in [0, 0.1) is 0 Å². The van der Waals surface area contributed by atoms with Gasteiger partial charge in [0, 0.05) is 43.6 Å². The first-order chi connectivity index (χ1) is 15.9. The number of carbonyl (C=O) groups excluding carboxylic acids is 1. The van der Waals surface area contributed by atoms with E-state index in [2.05, 4.69) is 15.4 Å². The normalized spacial score (nSPS) is 21.3. The molecular formula is C24H24F2N4O3. The van der Waals surface area contributed by atoms with Gasteiger partial charge in [0.1, 0.15) is 11.4 Å². The maximum atomic E-state index is 13.8. The Morgan fingerprint density at radius 2 is 2.12 bits per heavy atom. The first-order valence-electron chi connectivity index (χ1n) is 11.0. The first-order valence-corrected chi connectivity index (χ1v) is 11.0. The number of aromatic nitrogens is 3. The fraction of sp³-hybridized carbons (Fsp3) is 0.375. The molecule has 9 heteroatoms. The highest BCUT2D eigenvalue weighted by molar-refractivity contribution is 5.93. The number of halogens is 2. The van der Waals surface area contributed by atoms with E-state index in [-0.39, 0.29) is 18.5 Å². The van der Waals surface area contributed by atoms with E-state index in [4.69, 9.17) is 4.74 Å². The molecule has 3 heterocycles. The van der Waals surface area contributed by atoms with Gasteiger partial charge in [0.25, 0.3) is 5.91 Å². The van der Waals surface area contributed by atoms with Gasteiger partial charge >= 0.3 is 0 Å². The third kappa shape index (κ3) is 4.59. The quantitative estimate of drug-likeness (QED) is 0.619. The summed E-state index contributed by atoms with van der Waals surface area (Å²) in [6, 6.07) is 10.4. The molecule has 3 aromatic rings. The van der Waals surface area contributed by atoms with Crippen molar-refractivity contribution < 1.29 is 23.4 Å². The van der Waals surface area contributed by atoms with E-state index >= 15 is 0 Å². The summed E-state index contributed by atoms with van der Waals surface area (Å²) in [6.07, 6.45) is 2.67. The number of hydrogen-bond acceptors (Lipinski definition) is 5. The van der Waals surface area contributed by atoms with Crippen molar-refractivity contribution in [3.05, 3.63) is 71.3 Å². The predicted molar refractivity (Wildman–Crippen MR) is 116 cm³/mol. The lowest BCUT2D eigenvalue weighted by molar-refractivity contribution is -0.0768. The maximum absolute atomic E-state index is 13.8. The highest BCUT2D eigenvalue weighted by Gasteiger charge is 2.41. The fourth-order valence-electron chi connectivity index (χ4n) is 4.40. The molecule has 1 aromatic carbocycles. The molecule has 0 radical (unpaired) electrons. The van der Waals surface area contributed by atoms with Crippen molar-refractivity contribution >= 4 is 5.91 Å². The SMILES string of the molecule is O=C(NC1CC(F)(F)CCC1O)c1cc(Cc2ccc(-n3cccn3)cc2)c2c(n1)CCO2. The second kappa shape index (κ2) is 8.55. The number of fused-ring (bicyclic) bond motifs is 1. The minimum Gasteiger partial charge on any atom is -0.491 e. The number of amides is 1. The highest BCUT2D eigenvalue weighted by Crippen LogP contribution is 2.34. The van der Waals surface area contributed by atoms with Gasteiger partial charge in [-0.2, -0.15) is 5.10 Å². The second-order valence-corrected chi connectivity index (χ2v) is 8.58. The molecule has 0 spiro atoms. The molecule has 1 aliphatic heterocycles. The molecule has 1 fully saturated rings. The highest BCUT2D eigenvalue weighted by atomic mass is 19.3. The first kappa shape index (κ1) is 21.5. The predicted octanol–water partition coefficient (Wildman–Crippen LogP) is 3.07. The molecule has 33 heavy (non-hydrogen) atoms. The van der Waals surface area contributed by atoms with Crippen molar-refractivity contribution in [1.82, 2.24) is 20.1 Å². The summed E-state index contributed by atoms with van der Waals surface area (Å²) in [6.45, 7) is 0.478.